The van der Waals surface area contributed by atoms with Crippen molar-refractivity contribution in [2.45, 2.75) is 12.5 Å². The average Bonchev–Trinajstić information content (AvgIpc) is 2.75. The van der Waals surface area contributed by atoms with E-state index >= 15 is 0 Å². The minimum absolute atomic E-state index is 0.168. The third kappa shape index (κ3) is 1.85. The quantitative estimate of drug-likeness (QED) is 0.478. The highest BCUT2D eigenvalue weighted by Crippen LogP contribution is 1.98. The Morgan fingerprint density at radius 2 is 2.43 bits per heavy atom. The Bertz CT molecular complexity index is 375. The number of aromatic nitrogens is 2. The lowest BCUT2D eigenvalue weighted by molar-refractivity contribution is 0.0935. The molecule has 0 bridgehead atoms. The first-order valence-electron chi connectivity index (χ1n) is 4.55. The fraction of sp³-hybridized carbons (Fsp3) is 0.500. The highest BCUT2D eigenvalue weighted by Gasteiger charge is 2.18. The SMILES string of the molecule is O=C(N[C@H]1CCNC1)c1c[nH]c(=O)[nH]1. The molecule has 1 fully saturated rings. The Morgan fingerprint density at radius 1 is 1.57 bits per heavy atom. The molecule has 0 aliphatic carbocycles. The van der Waals surface area contributed by atoms with Crippen LogP contribution in [0.5, 0.6) is 0 Å². The number of carbonyl (C=O) groups is 1. The zero-order valence-corrected chi connectivity index (χ0v) is 7.59. The summed E-state index contributed by atoms with van der Waals surface area (Å²) in [6.07, 6.45) is 2.31. The van der Waals surface area contributed by atoms with E-state index in [4.69, 9.17) is 0 Å². The van der Waals surface area contributed by atoms with Crippen molar-refractivity contribution in [2.75, 3.05) is 13.1 Å². The Labute approximate surface area is 80.1 Å². The highest BCUT2D eigenvalue weighted by atomic mass is 16.2. The second-order valence-corrected chi connectivity index (χ2v) is 3.32. The molecule has 1 aliphatic heterocycles. The number of rotatable bonds is 2. The van der Waals surface area contributed by atoms with Crippen LogP contribution in [0.25, 0.3) is 0 Å². The van der Waals surface area contributed by atoms with Crippen molar-refractivity contribution in [1.29, 1.82) is 0 Å². The van der Waals surface area contributed by atoms with Gasteiger partial charge in [-0.05, 0) is 13.0 Å². The molecule has 0 unspecified atom stereocenters. The maximum atomic E-state index is 11.5. The summed E-state index contributed by atoms with van der Waals surface area (Å²) in [5.74, 6) is -0.239. The van der Waals surface area contributed by atoms with E-state index in [0.717, 1.165) is 19.5 Å². The number of aromatic amines is 2. The van der Waals surface area contributed by atoms with E-state index in [2.05, 4.69) is 20.6 Å². The number of amides is 1. The van der Waals surface area contributed by atoms with Gasteiger partial charge in [0.25, 0.3) is 5.91 Å². The lowest BCUT2D eigenvalue weighted by atomic mass is 10.2. The van der Waals surface area contributed by atoms with E-state index in [-0.39, 0.29) is 23.3 Å². The van der Waals surface area contributed by atoms with Gasteiger partial charge in [-0.15, -0.1) is 0 Å². The first-order valence-corrected chi connectivity index (χ1v) is 4.55. The van der Waals surface area contributed by atoms with Crippen LogP contribution >= 0.6 is 0 Å². The van der Waals surface area contributed by atoms with E-state index < -0.39 is 0 Å². The first kappa shape index (κ1) is 9.01. The van der Waals surface area contributed by atoms with Crippen molar-refractivity contribution >= 4 is 5.91 Å². The van der Waals surface area contributed by atoms with E-state index in [0.29, 0.717) is 0 Å². The van der Waals surface area contributed by atoms with Crippen molar-refractivity contribution in [3.8, 4) is 0 Å². The van der Waals surface area contributed by atoms with Crippen LogP contribution < -0.4 is 16.3 Å². The lowest BCUT2D eigenvalue weighted by Crippen LogP contribution is -2.36. The van der Waals surface area contributed by atoms with Crippen LogP contribution in [0.3, 0.4) is 0 Å². The van der Waals surface area contributed by atoms with Gasteiger partial charge < -0.3 is 20.6 Å². The molecule has 1 aromatic rings. The Kier molecular flexibility index (Phi) is 2.36. The summed E-state index contributed by atoms with van der Waals surface area (Å²) in [6, 6.07) is 0.168. The molecular formula is C8H12N4O2. The fourth-order valence-electron chi connectivity index (χ4n) is 1.50. The van der Waals surface area contributed by atoms with Crippen LogP contribution in [-0.4, -0.2) is 35.0 Å². The molecule has 1 saturated heterocycles. The number of hydrogen-bond donors (Lipinski definition) is 4. The molecule has 1 atom stereocenters. The highest BCUT2D eigenvalue weighted by molar-refractivity contribution is 5.92. The van der Waals surface area contributed by atoms with Gasteiger partial charge in [0.2, 0.25) is 0 Å². The van der Waals surface area contributed by atoms with Gasteiger partial charge in [0.1, 0.15) is 5.69 Å². The number of hydrogen-bond acceptors (Lipinski definition) is 3. The van der Waals surface area contributed by atoms with Crippen LogP contribution in [0, 0.1) is 0 Å². The van der Waals surface area contributed by atoms with Crippen molar-refractivity contribution in [2.24, 2.45) is 0 Å². The monoisotopic (exact) mass is 196 g/mol. The second kappa shape index (κ2) is 3.67. The minimum Gasteiger partial charge on any atom is -0.347 e. The van der Waals surface area contributed by atoms with Crippen molar-refractivity contribution in [3.05, 3.63) is 22.4 Å². The average molecular weight is 196 g/mol. The van der Waals surface area contributed by atoms with Crippen LogP contribution in [-0.2, 0) is 0 Å². The molecule has 0 spiro atoms. The van der Waals surface area contributed by atoms with E-state index in [1.165, 1.54) is 6.20 Å². The van der Waals surface area contributed by atoms with Gasteiger partial charge in [0.05, 0.1) is 0 Å². The van der Waals surface area contributed by atoms with Gasteiger partial charge in [0, 0.05) is 18.8 Å². The molecule has 0 saturated carbocycles. The first-order chi connectivity index (χ1) is 6.75. The number of carbonyl (C=O) groups excluding carboxylic acids is 1. The summed E-state index contributed by atoms with van der Waals surface area (Å²) in [6.45, 7) is 1.72. The van der Waals surface area contributed by atoms with Gasteiger partial charge in [-0.25, -0.2) is 4.79 Å². The van der Waals surface area contributed by atoms with Crippen LogP contribution in [0.2, 0.25) is 0 Å². The van der Waals surface area contributed by atoms with Gasteiger partial charge >= 0.3 is 5.69 Å². The summed E-state index contributed by atoms with van der Waals surface area (Å²) in [7, 11) is 0. The summed E-state index contributed by atoms with van der Waals surface area (Å²) in [4.78, 5) is 27.0. The largest absolute Gasteiger partial charge is 0.347 e. The number of imidazole rings is 1. The molecule has 1 amide bonds. The predicted octanol–water partition coefficient (Wildman–Crippen LogP) is -1.21. The van der Waals surface area contributed by atoms with Crippen LogP contribution in [0.15, 0.2) is 11.0 Å². The molecule has 4 N–H and O–H groups in total. The molecule has 76 valence electrons. The molecule has 0 radical (unpaired) electrons. The third-order valence-electron chi connectivity index (χ3n) is 2.24. The molecule has 14 heavy (non-hydrogen) atoms. The molecule has 0 aromatic carbocycles. The van der Waals surface area contributed by atoms with Crippen LogP contribution in [0.1, 0.15) is 16.9 Å². The Balaban J connectivity index is 1.98. The van der Waals surface area contributed by atoms with Crippen molar-refractivity contribution in [1.82, 2.24) is 20.6 Å². The molecule has 2 heterocycles. The standard InChI is InChI=1S/C8H12N4O2/c13-7(6-4-10-8(14)12-6)11-5-1-2-9-3-5/h4-5,9H,1-3H2,(H,11,13)(H2,10,12,14)/t5-/m0/s1. The smallest absolute Gasteiger partial charge is 0.323 e. The normalized spacial score (nSPS) is 21.0. The molecule has 1 aliphatic rings. The minimum atomic E-state index is -0.361. The predicted molar refractivity (Wildman–Crippen MR) is 50.2 cm³/mol. The second-order valence-electron chi connectivity index (χ2n) is 3.32. The topological polar surface area (TPSA) is 89.8 Å². The Hall–Kier alpha value is -1.56. The van der Waals surface area contributed by atoms with E-state index in [1.54, 1.807) is 0 Å². The zero-order chi connectivity index (χ0) is 9.97. The van der Waals surface area contributed by atoms with Gasteiger partial charge in [-0.2, -0.15) is 0 Å². The summed E-state index contributed by atoms with van der Waals surface area (Å²) in [5, 5.41) is 5.96. The summed E-state index contributed by atoms with van der Waals surface area (Å²) < 4.78 is 0. The van der Waals surface area contributed by atoms with Gasteiger partial charge in [0.15, 0.2) is 0 Å². The maximum absolute atomic E-state index is 11.5. The third-order valence-corrected chi connectivity index (χ3v) is 2.24. The number of H-pyrrole nitrogens is 2. The number of nitrogens with one attached hydrogen (secondary N) is 4. The van der Waals surface area contributed by atoms with Gasteiger partial charge in [-0.1, -0.05) is 0 Å². The molecule has 1 aromatic heterocycles. The lowest BCUT2D eigenvalue weighted by Gasteiger charge is -2.09. The molecule has 2 rings (SSSR count). The van der Waals surface area contributed by atoms with Crippen molar-refractivity contribution < 1.29 is 4.79 Å². The van der Waals surface area contributed by atoms with Crippen LogP contribution in [0.4, 0.5) is 0 Å². The zero-order valence-electron chi connectivity index (χ0n) is 7.59. The van der Waals surface area contributed by atoms with E-state index in [9.17, 15) is 9.59 Å². The summed E-state index contributed by atoms with van der Waals surface area (Å²) in [5.41, 5.74) is -0.0819. The molecular weight excluding hydrogens is 184 g/mol. The maximum Gasteiger partial charge on any atom is 0.323 e. The Morgan fingerprint density at radius 3 is 3.00 bits per heavy atom. The van der Waals surface area contributed by atoms with E-state index in [1.807, 2.05) is 0 Å². The van der Waals surface area contributed by atoms with Crippen molar-refractivity contribution in [3.63, 3.8) is 0 Å². The van der Waals surface area contributed by atoms with Gasteiger partial charge in [-0.3, -0.25) is 4.79 Å². The summed E-state index contributed by atoms with van der Waals surface area (Å²) >= 11 is 0. The fourth-order valence-corrected chi connectivity index (χ4v) is 1.50. The molecule has 6 heteroatoms. The molecule has 6 nitrogen and oxygen atoms in total.